The van der Waals surface area contributed by atoms with Gasteiger partial charge in [0, 0.05) is 23.7 Å². The first-order chi connectivity index (χ1) is 13.0. The number of nitrogens with zero attached hydrogens (tertiary/aromatic N) is 1. The van der Waals surface area contributed by atoms with Crippen molar-refractivity contribution in [3.63, 3.8) is 0 Å². The molecule has 2 nitrogen and oxygen atoms in total. The van der Waals surface area contributed by atoms with E-state index in [4.69, 9.17) is 11.6 Å². The fraction of sp³-hybridized carbons (Fsp3) is 0.261. The van der Waals surface area contributed by atoms with Crippen molar-refractivity contribution in [2.24, 2.45) is 0 Å². The number of nitrogens with one attached hydrogen (secondary N) is 1. The number of thiol groups is 1. The van der Waals surface area contributed by atoms with E-state index in [2.05, 4.69) is 68.0 Å². The van der Waals surface area contributed by atoms with Crippen molar-refractivity contribution in [3.05, 3.63) is 94.3 Å². The molecule has 3 rings (SSSR count). The van der Waals surface area contributed by atoms with Crippen LogP contribution < -0.4 is 5.32 Å². The molecule has 142 valence electrons. The standard InChI is InChI=1S/C16H19ClN2.C7H8S/c1-3-15(14-8-9-16(17)19-11-14)18-10-13-6-4-12(2)5-7-13;1-6-2-4-7(8)5-3-6/h4-9,11,15,18H,3,10H2,1-2H3;2-5,8H,1H3. The summed E-state index contributed by atoms with van der Waals surface area (Å²) in [7, 11) is 0. The van der Waals surface area contributed by atoms with E-state index in [0.717, 1.165) is 17.9 Å². The number of aryl methyl sites for hydroxylation is 2. The van der Waals surface area contributed by atoms with Crippen molar-refractivity contribution in [1.29, 1.82) is 0 Å². The molecule has 3 aromatic rings. The molecule has 1 aromatic heterocycles. The van der Waals surface area contributed by atoms with Gasteiger partial charge in [0.1, 0.15) is 5.15 Å². The summed E-state index contributed by atoms with van der Waals surface area (Å²) in [5, 5.41) is 4.10. The van der Waals surface area contributed by atoms with Gasteiger partial charge in [0.15, 0.2) is 0 Å². The van der Waals surface area contributed by atoms with Gasteiger partial charge in [-0.1, -0.05) is 72.1 Å². The van der Waals surface area contributed by atoms with Crippen LogP contribution in [0.5, 0.6) is 0 Å². The minimum atomic E-state index is 0.311. The molecule has 0 aliphatic rings. The lowest BCUT2D eigenvalue weighted by atomic mass is 10.1. The summed E-state index contributed by atoms with van der Waals surface area (Å²) in [6.07, 6.45) is 2.87. The Kier molecular flexibility index (Phi) is 8.86. The van der Waals surface area contributed by atoms with Crippen LogP contribution in [-0.2, 0) is 6.54 Å². The molecule has 0 bridgehead atoms. The van der Waals surface area contributed by atoms with Gasteiger partial charge < -0.3 is 5.32 Å². The van der Waals surface area contributed by atoms with Gasteiger partial charge in [0.05, 0.1) is 0 Å². The number of hydrogen-bond donors (Lipinski definition) is 2. The summed E-state index contributed by atoms with van der Waals surface area (Å²) in [5.74, 6) is 0. The SMILES string of the molecule is CCC(NCc1ccc(C)cc1)c1ccc(Cl)nc1.Cc1ccc(S)cc1. The third kappa shape index (κ3) is 7.76. The van der Waals surface area contributed by atoms with Crippen LogP contribution in [0, 0.1) is 13.8 Å². The first-order valence-electron chi connectivity index (χ1n) is 9.14. The summed E-state index contributed by atoms with van der Waals surface area (Å²) in [6, 6.07) is 20.8. The van der Waals surface area contributed by atoms with E-state index >= 15 is 0 Å². The van der Waals surface area contributed by atoms with E-state index in [1.807, 2.05) is 42.6 Å². The molecule has 4 heteroatoms. The molecule has 0 aliphatic carbocycles. The van der Waals surface area contributed by atoms with E-state index < -0.39 is 0 Å². The first-order valence-corrected chi connectivity index (χ1v) is 9.96. The average Bonchev–Trinajstić information content (AvgIpc) is 2.68. The summed E-state index contributed by atoms with van der Waals surface area (Å²) in [4.78, 5) is 5.16. The van der Waals surface area contributed by atoms with Crippen LogP contribution in [0.3, 0.4) is 0 Å². The molecule has 27 heavy (non-hydrogen) atoms. The number of aromatic nitrogens is 1. The number of pyridine rings is 1. The second-order valence-corrected chi connectivity index (χ2v) is 7.48. The maximum absolute atomic E-state index is 5.82. The van der Waals surface area contributed by atoms with E-state index in [0.29, 0.717) is 11.2 Å². The van der Waals surface area contributed by atoms with Crippen LogP contribution in [0.1, 0.15) is 41.6 Å². The molecule has 2 aromatic carbocycles. The summed E-state index contributed by atoms with van der Waals surface area (Å²) in [5.41, 5.74) is 5.05. The Morgan fingerprint density at radius 2 is 1.52 bits per heavy atom. The molecule has 1 unspecified atom stereocenters. The maximum atomic E-state index is 5.82. The predicted octanol–water partition coefficient (Wildman–Crippen LogP) is 6.57. The molecule has 0 spiro atoms. The lowest BCUT2D eigenvalue weighted by Gasteiger charge is -2.17. The smallest absolute Gasteiger partial charge is 0.129 e. The molecule has 0 aliphatic heterocycles. The summed E-state index contributed by atoms with van der Waals surface area (Å²) >= 11 is 9.95. The molecule has 1 N–H and O–H groups in total. The van der Waals surface area contributed by atoms with Crippen molar-refractivity contribution < 1.29 is 0 Å². The molecule has 0 saturated heterocycles. The van der Waals surface area contributed by atoms with E-state index in [-0.39, 0.29) is 0 Å². The van der Waals surface area contributed by atoms with Gasteiger partial charge in [0.25, 0.3) is 0 Å². The third-order valence-electron chi connectivity index (χ3n) is 4.27. The van der Waals surface area contributed by atoms with Gasteiger partial charge in [0.2, 0.25) is 0 Å². The predicted molar refractivity (Wildman–Crippen MR) is 119 cm³/mol. The topological polar surface area (TPSA) is 24.9 Å². The van der Waals surface area contributed by atoms with Crippen LogP contribution >= 0.6 is 24.2 Å². The molecular weight excluding hydrogens is 372 g/mol. The second-order valence-electron chi connectivity index (χ2n) is 6.58. The lowest BCUT2D eigenvalue weighted by Crippen LogP contribution is -2.20. The normalized spacial score (nSPS) is 11.4. The van der Waals surface area contributed by atoms with Gasteiger partial charge in [-0.2, -0.15) is 0 Å². The Morgan fingerprint density at radius 3 is 2.00 bits per heavy atom. The second kappa shape index (κ2) is 11.1. The van der Waals surface area contributed by atoms with Crippen LogP contribution in [0.2, 0.25) is 5.15 Å². The fourth-order valence-electron chi connectivity index (χ4n) is 2.58. The highest BCUT2D eigenvalue weighted by atomic mass is 35.5. The number of halogens is 1. The monoisotopic (exact) mass is 398 g/mol. The van der Waals surface area contributed by atoms with E-state index in [1.54, 1.807) is 0 Å². The van der Waals surface area contributed by atoms with Crippen molar-refractivity contribution in [3.8, 4) is 0 Å². The first kappa shape index (κ1) is 21.5. The highest BCUT2D eigenvalue weighted by Crippen LogP contribution is 2.18. The van der Waals surface area contributed by atoms with Crippen LogP contribution in [0.4, 0.5) is 0 Å². The Morgan fingerprint density at radius 1 is 0.926 bits per heavy atom. The minimum absolute atomic E-state index is 0.311. The average molecular weight is 399 g/mol. The van der Waals surface area contributed by atoms with Crippen molar-refractivity contribution in [1.82, 2.24) is 10.3 Å². The van der Waals surface area contributed by atoms with Crippen LogP contribution in [-0.4, -0.2) is 4.98 Å². The van der Waals surface area contributed by atoms with Crippen LogP contribution in [0.25, 0.3) is 0 Å². The maximum Gasteiger partial charge on any atom is 0.129 e. The largest absolute Gasteiger partial charge is 0.306 e. The zero-order valence-electron chi connectivity index (χ0n) is 16.1. The molecule has 0 radical (unpaired) electrons. The minimum Gasteiger partial charge on any atom is -0.306 e. The van der Waals surface area contributed by atoms with Gasteiger partial charge >= 0.3 is 0 Å². The molecule has 0 saturated carbocycles. The van der Waals surface area contributed by atoms with Gasteiger partial charge in [-0.3, -0.25) is 0 Å². The zero-order valence-corrected chi connectivity index (χ0v) is 17.8. The van der Waals surface area contributed by atoms with Gasteiger partial charge in [-0.05, 0) is 49.6 Å². The Bertz CT molecular complexity index is 778. The van der Waals surface area contributed by atoms with Crippen molar-refractivity contribution >= 4 is 24.2 Å². The fourth-order valence-corrected chi connectivity index (χ4v) is 2.84. The van der Waals surface area contributed by atoms with E-state index in [9.17, 15) is 0 Å². The van der Waals surface area contributed by atoms with Gasteiger partial charge in [-0.25, -0.2) is 4.98 Å². The Balaban J connectivity index is 0.000000273. The molecule has 1 atom stereocenters. The molecule has 1 heterocycles. The summed E-state index contributed by atoms with van der Waals surface area (Å²) < 4.78 is 0. The quantitative estimate of drug-likeness (QED) is 0.375. The van der Waals surface area contributed by atoms with Crippen molar-refractivity contribution in [2.75, 3.05) is 0 Å². The zero-order chi connectivity index (χ0) is 19.6. The molecule has 0 fully saturated rings. The number of rotatable bonds is 5. The molecule has 0 amide bonds. The summed E-state index contributed by atoms with van der Waals surface area (Å²) in [6.45, 7) is 7.20. The third-order valence-corrected chi connectivity index (χ3v) is 4.79. The molecular formula is C23H27ClN2S. The lowest BCUT2D eigenvalue weighted by molar-refractivity contribution is 0.517. The Labute approximate surface area is 173 Å². The van der Waals surface area contributed by atoms with E-state index in [1.165, 1.54) is 22.3 Å². The number of hydrogen-bond acceptors (Lipinski definition) is 3. The van der Waals surface area contributed by atoms with Crippen LogP contribution in [0.15, 0.2) is 71.8 Å². The highest BCUT2D eigenvalue weighted by molar-refractivity contribution is 7.80. The van der Waals surface area contributed by atoms with Gasteiger partial charge in [-0.15, -0.1) is 12.6 Å². The number of benzene rings is 2. The van der Waals surface area contributed by atoms with Crippen molar-refractivity contribution in [2.45, 2.75) is 44.7 Å². The Hall–Kier alpha value is -1.81. The highest BCUT2D eigenvalue weighted by Gasteiger charge is 2.08.